The summed E-state index contributed by atoms with van der Waals surface area (Å²) in [5, 5.41) is 23.9. The Morgan fingerprint density at radius 1 is 1.22 bits per heavy atom. The van der Waals surface area contributed by atoms with Crippen molar-refractivity contribution >= 4 is 62.1 Å². The number of H-pyrrole nitrogens is 1. The highest BCUT2D eigenvalue weighted by molar-refractivity contribution is 7.84. The summed E-state index contributed by atoms with van der Waals surface area (Å²) < 4.78 is 23.6. The van der Waals surface area contributed by atoms with Gasteiger partial charge in [-0.1, -0.05) is 23.2 Å². The van der Waals surface area contributed by atoms with Crippen LogP contribution in [0.2, 0.25) is 10.2 Å². The van der Waals surface area contributed by atoms with Crippen LogP contribution in [0.1, 0.15) is 46.2 Å². The van der Waals surface area contributed by atoms with Gasteiger partial charge in [0.25, 0.3) is 0 Å². The Labute approximate surface area is 250 Å². The Hall–Kier alpha value is -2.82. The Bertz CT molecular complexity index is 1730. The molecule has 0 aliphatic carbocycles. The van der Waals surface area contributed by atoms with Crippen molar-refractivity contribution in [2.45, 2.75) is 57.4 Å². The van der Waals surface area contributed by atoms with E-state index in [1.807, 2.05) is 39.8 Å². The van der Waals surface area contributed by atoms with Crippen molar-refractivity contribution in [3.63, 3.8) is 0 Å². The lowest BCUT2D eigenvalue weighted by atomic mass is 9.73. The molecule has 11 nitrogen and oxygen atoms in total. The summed E-state index contributed by atoms with van der Waals surface area (Å²) in [5.74, 6) is 0.452. The number of hydrogen-bond donors (Lipinski definition) is 2. The molecule has 3 atom stereocenters. The number of piperidine rings is 1. The first kappa shape index (κ1) is 28.3. The van der Waals surface area contributed by atoms with E-state index in [0.717, 1.165) is 12.8 Å². The van der Waals surface area contributed by atoms with E-state index < -0.39 is 11.0 Å². The van der Waals surface area contributed by atoms with Crippen LogP contribution in [0.3, 0.4) is 0 Å². The number of nitriles is 1. The van der Waals surface area contributed by atoms with E-state index in [-0.39, 0.29) is 28.0 Å². The quantitative estimate of drug-likeness (QED) is 0.342. The monoisotopic (exact) mass is 615 g/mol. The summed E-state index contributed by atoms with van der Waals surface area (Å²) in [4.78, 5) is 11.5. The molecule has 1 spiro atoms. The molecule has 3 aromatic heterocycles. The third kappa shape index (κ3) is 4.68. The first-order valence-corrected chi connectivity index (χ1v) is 15.4. The van der Waals surface area contributed by atoms with Gasteiger partial charge >= 0.3 is 0 Å². The summed E-state index contributed by atoms with van der Waals surface area (Å²) in [6, 6.07) is 5.85. The molecule has 14 heteroatoms. The summed E-state index contributed by atoms with van der Waals surface area (Å²) in [6.07, 6.45) is 1.58. The second kappa shape index (κ2) is 10.2. The number of aromatic nitrogens is 6. The number of nitrogens with one attached hydrogen (secondary N) is 2. The maximum absolute atomic E-state index is 12.9. The molecule has 6 rings (SSSR count). The van der Waals surface area contributed by atoms with Gasteiger partial charge in [0.05, 0.1) is 61.5 Å². The number of benzene rings is 1. The number of rotatable bonds is 4. The van der Waals surface area contributed by atoms with Crippen molar-refractivity contribution in [2.75, 3.05) is 24.6 Å². The summed E-state index contributed by atoms with van der Waals surface area (Å²) in [6.45, 7) is 9.89. The SMILES string of the molecule is C[C@@H]1OCC2(CCN(c3nc(C#N)c4c(-c5ccc6nn(C)c(Cl)c6c5Cl)[nH]nc4n3)CC2)[C@@H]1N[S@](=O)C(C)(C)C. The number of anilines is 1. The largest absolute Gasteiger partial charge is 0.376 e. The van der Waals surface area contributed by atoms with Gasteiger partial charge in [0, 0.05) is 31.1 Å². The molecule has 2 fully saturated rings. The number of fused-ring (bicyclic) bond motifs is 2. The van der Waals surface area contributed by atoms with Crippen LogP contribution in [0.4, 0.5) is 5.95 Å². The van der Waals surface area contributed by atoms with Crippen LogP contribution in [0, 0.1) is 16.7 Å². The molecule has 41 heavy (non-hydrogen) atoms. The van der Waals surface area contributed by atoms with Gasteiger partial charge in [0.2, 0.25) is 5.95 Å². The average Bonchev–Trinajstić information content (AvgIpc) is 3.58. The second-order valence-corrected chi connectivity index (χ2v) is 14.6. The number of aromatic amines is 1. The van der Waals surface area contributed by atoms with Gasteiger partial charge in [-0.15, -0.1) is 0 Å². The highest BCUT2D eigenvalue weighted by Crippen LogP contribution is 2.44. The second-order valence-electron chi connectivity index (χ2n) is 11.9. The lowest BCUT2D eigenvalue weighted by Crippen LogP contribution is -2.55. The molecule has 2 saturated heterocycles. The Balaban J connectivity index is 1.29. The van der Waals surface area contributed by atoms with E-state index >= 15 is 0 Å². The normalized spacial score (nSPS) is 21.7. The van der Waals surface area contributed by atoms with Gasteiger partial charge in [-0.3, -0.25) is 9.78 Å². The number of aryl methyl sites for hydroxylation is 1. The Morgan fingerprint density at radius 3 is 2.63 bits per heavy atom. The number of halogens is 2. The number of ether oxygens (including phenoxy) is 1. The summed E-state index contributed by atoms with van der Waals surface area (Å²) in [7, 11) is 0.548. The van der Waals surface area contributed by atoms with Crippen molar-refractivity contribution in [1.29, 1.82) is 5.26 Å². The molecule has 0 bridgehead atoms. The van der Waals surface area contributed by atoms with Crippen LogP contribution in [-0.4, -0.2) is 70.7 Å². The average molecular weight is 617 g/mol. The smallest absolute Gasteiger partial charge is 0.228 e. The predicted molar refractivity (Wildman–Crippen MR) is 160 cm³/mol. The molecular formula is C27H31Cl2N9O2S. The zero-order valence-electron chi connectivity index (χ0n) is 23.5. The molecule has 216 valence electrons. The van der Waals surface area contributed by atoms with Crippen LogP contribution >= 0.6 is 23.2 Å². The molecule has 5 heterocycles. The van der Waals surface area contributed by atoms with E-state index in [1.165, 1.54) is 0 Å². The lowest BCUT2D eigenvalue weighted by Gasteiger charge is -2.43. The van der Waals surface area contributed by atoms with Gasteiger partial charge in [-0.2, -0.15) is 20.4 Å². The molecule has 0 radical (unpaired) electrons. The molecule has 0 saturated carbocycles. The van der Waals surface area contributed by atoms with E-state index in [0.29, 0.717) is 69.0 Å². The zero-order chi connectivity index (χ0) is 29.3. The topological polar surface area (TPSA) is 138 Å². The maximum atomic E-state index is 12.9. The van der Waals surface area contributed by atoms with Crippen LogP contribution in [0.5, 0.6) is 0 Å². The number of hydrogen-bond acceptors (Lipinski definition) is 8. The zero-order valence-corrected chi connectivity index (χ0v) is 25.8. The fourth-order valence-electron chi connectivity index (χ4n) is 5.84. The highest BCUT2D eigenvalue weighted by Gasteiger charge is 2.50. The minimum atomic E-state index is -1.20. The van der Waals surface area contributed by atoms with E-state index in [4.69, 9.17) is 32.9 Å². The molecule has 4 aromatic rings. The highest BCUT2D eigenvalue weighted by atomic mass is 35.5. The van der Waals surface area contributed by atoms with E-state index in [9.17, 15) is 9.47 Å². The van der Waals surface area contributed by atoms with Crippen molar-refractivity contribution in [1.82, 2.24) is 34.7 Å². The standard InChI is InChI=1S/C27H31Cl2N9O2S/c1-14-22(36-41(39)26(2,3)4)27(13-40-14)8-10-38(11-9-27)25-31-17(12-30)19-21(33-34-24(19)32-25)15-6-7-16-18(20(15)28)23(29)37(5)35-16/h6-7,14,22,36H,8-11,13H2,1-5H3,(H,31,32,33,34)/t14-,22+,41+/m0/s1. The minimum Gasteiger partial charge on any atom is -0.376 e. The van der Waals surface area contributed by atoms with Gasteiger partial charge in [0.1, 0.15) is 11.2 Å². The predicted octanol–water partition coefficient (Wildman–Crippen LogP) is 4.51. The van der Waals surface area contributed by atoms with Gasteiger partial charge < -0.3 is 9.64 Å². The van der Waals surface area contributed by atoms with Crippen molar-refractivity contribution in [3.05, 3.63) is 28.0 Å². The lowest BCUT2D eigenvalue weighted by molar-refractivity contribution is 0.0973. The van der Waals surface area contributed by atoms with Crippen LogP contribution in [-0.2, 0) is 22.8 Å². The van der Waals surface area contributed by atoms with Crippen molar-refractivity contribution < 1.29 is 8.95 Å². The molecule has 1 aromatic carbocycles. The molecule has 0 unspecified atom stereocenters. The number of nitrogens with zero attached hydrogens (tertiary/aromatic N) is 7. The Kier molecular flexibility index (Phi) is 7.02. The molecule has 2 aliphatic rings. The van der Waals surface area contributed by atoms with E-state index in [1.54, 1.807) is 11.7 Å². The van der Waals surface area contributed by atoms with Gasteiger partial charge in [0.15, 0.2) is 11.3 Å². The van der Waals surface area contributed by atoms with Crippen LogP contribution < -0.4 is 9.62 Å². The van der Waals surface area contributed by atoms with Gasteiger partial charge in [-0.25, -0.2) is 13.9 Å². The summed E-state index contributed by atoms with van der Waals surface area (Å²) >= 11 is 13.2. The fraction of sp³-hybridized carbons (Fsp3) is 0.519. The molecule has 2 N–H and O–H groups in total. The van der Waals surface area contributed by atoms with E-state index in [2.05, 4.69) is 36.0 Å². The first-order valence-electron chi connectivity index (χ1n) is 13.5. The van der Waals surface area contributed by atoms with Crippen LogP contribution in [0.15, 0.2) is 12.1 Å². The summed E-state index contributed by atoms with van der Waals surface area (Å²) in [5.41, 5.74) is 2.30. The minimum absolute atomic E-state index is 0.0212. The molecular weight excluding hydrogens is 585 g/mol. The van der Waals surface area contributed by atoms with Crippen molar-refractivity contribution in [2.24, 2.45) is 12.5 Å². The molecule has 2 aliphatic heterocycles. The first-order chi connectivity index (χ1) is 19.4. The molecule has 0 amide bonds. The van der Waals surface area contributed by atoms with Crippen molar-refractivity contribution in [3.8, 4) is 17.3 Å². The third-order valence-electron chi connectivity index (χ3n) is 8.24. The van der Waals surface area contributed by atoms with Gasteiger partial charge in [-0.05, 0) is 52.7 Å². The van der Waals surface area contributed by atoms with Crippen LogP contribution in [0.25, 0.3) is 33.2 Å². The Morgan fingerprint density at radius 2 is 1.95 bits per heavy atom. The maximum Gasteiger partial charge on any atom is 0.228 e. The third-order valence-corrected chi connectivity index (χ3v) is 10.6. The fourth-order valence-corrected chi connectivity index (χ4v) is 7.49.